The maximum atomic E-state index is 13.5. The van der Waals surface area contributed by atoms with Crippen LogP contribution in [0, 0.1) is 11.6 Å². The third-order valence-corrected chi connectivity index (χ3v) is 3.07. The molecule has 4 nitrogen and oxygen atoms in total. The number of nitrogens with two attached hydrogens (primary N) is 1. The van der Waals surface area contributed by atoms with Crippen LogP contribution in [0.1, 0.15) is 10.5 Å². The molecule has 1 aromatic heterocycles. The lowest BCUT2D eigenvalue weighted by atomic mass is 10.2. The third kappa shape index (κ3) is 2.55. The molecule has 21 heavy (non-hydrogen) atoms. The van der Waals surface area contributed by atoms with E-state index in [1.165, 1.54) is 0 Å². The molecule has 0 radical (unpaired) electrons. The molecule has 106 valence electrons. The summed E-state index contributed by atoms with van der Waals surface area (Å²) >= 11 is 0. The number of amides is 1. The number of benzene rings is 2. The van der Waals surface area contributed by atoms with E-state index in [-0.39, 0.29) is 11.4 Å². The molecule has 0 aliphatic rings. The van der Waals surface area contributed by atoms with Crippen molar-refractivity contribution >= 4 is 28.2 Å². The van der Waals surface area contributed by atoms with Crippen LogP contribution in [-0.2, 0) is 0 Å². The largest absolute Gasteiger partial charge is 0.399 e. The van der Waals surface area contributed by atoms with Gasteiger partial charge in [-0.1, -0.05) is 0 Å². The zero-order valence-corrected chi connectivity index (χ0v) is 10.8. The summed E-state index contributed by atoms with van der Waals surface area (Å²) in [5, 5.41) is 3.09. The highest BCUT2D eigenvalue weighted by atomic mass is 19.1. The van der Waals surface area contributed by atoms with Gasteiger partial charge in [-0.25, -0.2) is 8.78 Å². The Morgan fingerprint density at radius 3 is 2.71 bits per heavy atom. The van der Waals surface area contributed by atoms with E-state index >= 15 is 0 Å². The fraction of sp³-hybridized carbons (Fsp3) is 0. The van der Waals surface area contributed by atoms with Gasteiger partial charge in [0.25, 0.3) is 5.91 Å². The van der Waals surface area contributed by atoms with Crippen molar-refractivity contribution in [1.82, 2.24) is 4.98 Å². The number of H-pyrrole nitrogens is 1. The van der Waals surface area contributed by atoms with Crippen molar-refractivity contribution < 1.29 is 13.6 Å². The van der Waals surface area contributed by atoms with Crippen LogP contribution in [0.25, 0.3) is 10.9 Å². The SMILES string of the molecule is Nc1ccc2[nH]c(C(=O)Nc3cc(F)ccc3F)cc2c1. The second-order valence-corrected chi connectivity index (χ2v) is 4.61. The smallest absolute Gasteiger partial charge is 0.272 e. The minimum atomic E-state index is -0.704. The van der Waals surface area contributed by atoms with Gasteiger partial charge in [-0.3, -0.25) is 4.79 Å². The highest BCUT2D eigenvalue weighted by Crippen LogP contribution is 2.20. The van der Waals surface area contributed by atoms with E-state index in [0.717, 1.165) is 29.1 Å². The molecule has 0 unspecified atom stereocenters. The van der Waals surface area contributed by atoms with Gasteiger partial charge in [0.1, 0.15) is 17.3 Å². The van der Waals surface area contributed by atoms with Crippen LogP contribution in [-0.4, -0.2) is 10.9 Å². The molecule has 0 spiro atoms. The van der Waals surface area contributed by atoms with Gasteiger partial charge >= 0.3 is 0 Å². The maximum Gasteiger partial charge on any atom is 0.272 e. The van der Waals surface area contributed by atoms with Crippen molar-refractivity contribution in [2.45, 2.75) is 0 Å². The standard InChI is InChI=1S/C15H11F2N3O/c16-9-1-3-11(17)13(7-9)20-15(21)14-6-8-5-10(18)2-4-12(8)19-14/h1-7,19H,18H2,(H,20,21). The zero-order chi connectivity index (χ0) is 15.0. The molecule has 1 amide bonds. The van der Waals surface area contributed by atoms with Gasteiger partial charge < -0.3 is 16.0 Å². The Morgan fingerprint density at radius 2 is 1.90 bits per heavy atom. The number of hydrogen-bond acceptors (Lipinski definition) is 2. The van der Waals surface area contributed by atoms with E-state index in [0.29, 0.717) is 5.69 Å². The van der Waals surface area contributed by atoms with Crippen LogP contribution in [0.4, 0.5) is 20.2 Å². The number of nitrogens with one attached hydrogen (secondary N) is 2. The van der Waals surface area contributed by atoms with E-state index in [4.69, 9.17) is 5.73 Å². The van der Waals surface area contributed by atoms with Crippen molar-refractivity contribution in [2.24, 2.45) is 0 Å². The number of rotatable bonds is 2. The Kier molecular flexibility index (Phi) is 3.06. The van der Waals surface area contributed by atoms with E-state index in [9.17, 15) is 13.6 Å². The average molecular weight is 287 g/mol. The number of carbonyl (C=O) groups excluding carboxylic acids is 1. The molecular weight excluding hydrogens is 276 g/mol. The van der Waals surface area contributed by atoms with Gasteiger partial charge in [0, 0.05) is 22.7 Å². The first-order valence-electron chi connectivity index (χ1n) is 6.17. The first-order chi connectivity index (χ1) is 10.0. The molecule has 3 aromatic rings. The Hall–Kier alpha value is -2.89. The van der Waals surface area contributed by atoms with Crippen LogP contribution in [0.2, 0.25) is 0 Å². The van der Waals surface area contributed by atoms with Crippen LogP contribution in [0.15, 0.2) is 42.5 Å². The van der Waals surface area contributed by atoms with E-state index in [1.807, 2.05) is 0 Å². The predicted molar refractivity (Wildman–Crippen MR) is 77.0 cm³/mol. The summed E-state index contributed by atoms with van der Waals surface area (Å²) in [5.74, 6) is -1.89. The van der Waals surface area contributed by atoms with Crippen LogP contribution in [0.3, 0.4) is 0 Å². The second kappa shape index (κ2) is 4.90. The lowest BCUT2D eigenvalue weighted by Gasteiger charge is -2.05. The lowest BCUT2D eigenvalue weighted by Crippen LogP contribution is -2.13. The van der Waals surface area contributed by atoms with Crippen molar-refractivity contribution in [3.63, 3.8) is 0 Å². The van der Waals surface area contributed by atoms with Crippen molar-refractivity contribution in [3.8, 4) is 0 Å². The number of hydrogen-bond donors (Lipinski definition) is 3. The van der Waals surface area contributed by atoms with Gasteiger partial charge in [0.2, 0.25) is 0 Å². The molecule has 1 heterocycles. The number of halogens is 2. The summed E-state index contributed by atoms with van der Waals surface area (Å²) in [6, 6.07) is 9.61. The number of aromatic amines is 1. The Balaban J connectivity index is 1.91. The topological polar surface area (TPSA) is 70.9 Å². The summed E-state index contributed by atoms with van der Waals surface area (Å²) in [6.07, 6.45) is 0. The molecule has 0 atom stereocenters. The minimum Gasteiger partial charge on any atom is -0.399 e. The monoisotopic (exact) mass is 287 g/mol. The summed E-state index contributed by atoms with van der Waals surface area (Å²) in [4.78, 5) is 15.0. The molecule has 2 aromatic carbocycles. The average Bonchev–Trinajstić information content (AvgIpc) is 2.86. The molecule has 0 saturated carbocycles. The molecule has 4 N–H and O–H groups in total. The van der Waals surface area contributed by atoms with Crippen LogP contribution in [0.5, 0.6) is 0 Å². The fourth-order valence-electron chi connectivity index (χ4n) is 2.06. The first kappa shape index (κ1) is 13.1. The molecule has 6 heteroatoms. The van der Waals surface area contributed by atoms with Gasteiger partial charge in [0.15, 0.2) is 0 Å². The van der Waals surface area contributed by atoms with Crippen LogP contribution < -0.4 is 11.1 Å². The predicted octanol–water partition coefficient (Wildman–Crippen LogP) is 3.28. The second-order valence-electron chi connectivity index (χ2n) is 4.61. The highest BCUT2D eigenvalue weighted by molar-refractivity contribution is 6.06. The number of anilines is 2. The van der Waals surface area contributed by atoms with Crippen molar-refractivity contribution in [1.29, 1.82) is 0 Å². The Morgan fingerprint density at radius 1 is 1.10 bits per heavy atom. The summed E-state index contributed by atoms with van der Waals surface area (Å²) in [7, 11) is 0. The fourth-order valence-corrected chi connectivity index (χ4v) is 2.06. The maximum absolute atomic E-state index is 13.5. The van der Waals surface area contributed by atoms with E-state index in [2.05, 4.69) is 10.3 Å². The van der Waals surface area contributed by atoms with E-state index in [1.54, 1.807) is 24.3 Å². The van der Waals surface area contributed by atoms with Gasteiger partial charge in [-0.15, -0.1) is 0 Å². The summed E-state index contributed by atoms with van der Waals surface area (Å²) in [6.45, 7) is 0. The van der Waals surface area contributed by atoms with Crippen molar-refractivity contribution in [3.05, 3.63) is 59.8 Å². The number of nitrogen functional groups attached to an aromatic ring is 1. The summed E-state index contributed by atoms with van der Waals surface area (Å²) in [5.41, 5.74) is 6.99. The van der Waals surface area contributed by atoms with Gasteiger partial charge in [-0.05, 0) is 36.4 Å². The molecule has 0 aliphatic carbocycles. The quantitative estimate of drug-likeness (QED) is 0.633. The lowest BCUT2D eigenvalue weighted by molar-refractivity contribution is 0.102. The minimum absolute atomic E-state index is 0.210. The summed E-state index contributed by atoms with van der Waals surface area (Å²) < 4.78 is 26.6. The van der Waals surface area contributed by atoms with Crippen LogP contribution >= 0.6 is 0 Å². The molecule has 3 rings (SSSR count). The number of carbonyl (C=O) groups is 1. The molecule has 0 saturated heterocycles. The Bertz CT molecular complexity index is 842. The normalized spacial score (nSPS) is 10.8. The molecular formula is C15H11F2N3O. The molecule has 0 bridgehead atoms. The van der Waals surface area contributed by atoms with Gasteiger partial charge in [0.05, 0.1) is 5.69 Å². The Labute approximate surface area is 118 Å². The van der Waals surface area contributed by atoms with Gasteiger partial charge in [-0.2, -0.15) is 0 Å². The van der Waals surface area contributed by atoms with E-state index < -0.39 is 17.5 Å². The highest BCUT2D eigenvalue weighted by Gasteiger charge is 2.12. The third-order valence-electron chi connectivity index (χ3n) is 3.07. The molecule has 0 fully saturated rings. The van der Waals surface area contributed by atoms with Crippen molar-refractivity contribution in [2.75, 3.05) is 11.1 Å². The first-order valence-corrected chi connectivity index (χ1v) is 6.17. The number of fused-ring (bicyclic) bond motifs is 1. The number of aromatic nitrogens is 1. The zero-order valence-electron chi connectivity index (χ0n) is 10.8. The molecule has 0 aliphatic heterocycles.